The number of rotatable bonds is 5. The lowest BCUT2D eigenvalue weighted by atomic mass is 10.2. The van der Waals surface area contributed by atoms with Gasteiger partial charge in [-0.15, -0.1) is 0 Å². The van der Waals surface area contributed by atoms with E-state index in [1.54, 1.807) is 36.4 Å². The summed E-state index contributed by atoms with van der Waals surface area (Å²) in [6, 6.07) is 10.7. The first kappa shape index (κ1) is 19.2. The molecule has 3 amide bonds. The van der Waals surface area contributed by atoms with E-state index >= 15 is 0 Å². The standard InChI is InChI=1S/C19H19N3O6/c23-16(20-21-17(24)13-6-2-1-3-7-13)12-28-19(26)14-8-4-10-22(14)18(25)15-9-5-11-27-15/h1-3,5-7,9,11,14H,4,8,10,12H2,(H,20,23)(H,21,24). The summed E-state index contributed by atoms with van der Waals surface area (Å²) in [5.74, 6) is -2.13. The molecule has 2 aromatic rings. The Morgan fingerprint density at radius 2 is 1.86 bits per heavy atom. The van der Waals surface area contributed by atoms with Gasteiger partial charge in [-0.05, 0) is 37.1 Å². The second-order valence-corrected chi connectivity index (χ2v) is 6.11. The molecule has 1 fully saturated rings. The molecule has 146 valence electrons. The highest BCUT2D eigenvalue weighted by Gasteiger charge is 2.36. The van der Waals surface area contributed by atoms with E-state index in [9.17, 15) is 19.2 Å². The van der Waals surface area contributed by atoms with E-state index < -0.39 is 36.3 Å². The van der Waals surface area contributed by atoms with E-state index in [-0.39, 0.29) is 5.76 Å². The zero-order valence-electron chi connectivity index (χ0n) is 14.9. The van der Waals surface area contributed by atoms with Crippen molar-refractivity contribution in [1.29, 1.82) is 0 Å². The molecule has 0 saturated carbocycles. The van der Waals surface area contributed by atoms with Gasteiger partial charge in [0.05, 0.1) is 6.26 Å². The first-order chi connectivity index (χ1) is 13.6. The minimum atomic E-state index is -0.774. The van der Waals surface area contributed by atoms with Gasteiger partial charge in [-0.1, -0.05) is 18.2 Å². The topological polar surface area (TPSA) is 118 Å². The predicted molar refractivity (Wildman–Crippen MR) is 95.8 cm³/mol. The first-order valence-electron chi connectivity index (χ1n) is 8.71. The Hall–Kier alpha value is -3.62. The van der Waals surface area contributed by atoms with Crippen LogP contribution in [0, 0.1) is 0 Å². The molecule has 1 unspecified atom stereocenters. The average molecular weight is 385 g/mol. The van der Waals surface area contributed by atoms with Crippen molar-refractivity contribution >= 4 is 23.7 Å². The van der Waals surface area contributed by atoms with Gasteiger partial charge < -0.3 is 14.1 Å². The van der Waals surface area contributed by atoms with Gasteiger partial charge in [0.15, 0.2) is 12.4 Å². The van der Waals surface area contributed by atoms with E-state index in [1.165, 1.54) is 17.2 Å². The zero-order chi connectivity index (χ0) is 19.9. The SMILES string of the molecule is O=C(COC(=O)C1CCCN1C(=O)c1ccco1)NNC(=O)c1ccccc1. The Balaban J connectivity index is 1.46. The van der Waals surface area contributed by atoms with Gasteiger partial charge >= 0.3 is 5.97 Å². The molecule has 1 aliphatic heterocycles. The number of esters is 1. The normalized spacial score (nSPS) is 15.7. The Labute approximate surface area is 160 Å². The molecule has 0 aliphatic carbocycles. The number of amides is 3. The summed E-state index contributed by atoms with van der Waals surface area (Å²) in [6.45, 7) is -0.175. The van der Waals surface area contributed by atoms with Gasteiger partial charge in [-0.3, -0.25) is 25.2 Å². The summed E-state index contributed by atoms with van der Waals surface area (Å²) in [5, 5.41) is 0. The lowest BCUT2D eigenvalue weighted by molar-refractivity contribution is -0.152. The Kier molecular flexibility index (Phi) is 6.05. The van der Waals surface area contributed by atoms with Crippen LogP contribution in [0.5, 0.6) is 0 Å². The van der Waals surface area contributed by atoms with Crippen molar-refractivity contribution in [3.63, 3.8) is 0 Å². The van der Waals surface area contributed by atoms with Crippen molar-refractivity contribution in [2.24, 2.45) is 0 Å². The van der Waals surface area contributed by atoms with E-state index in [1.807, 2.05) is 0 Å². The van der Waals surface area contributed by atoms with E-state index in [2.05, 4.69) is 10.9 Å². The number of likely N-dealkylation sites (tertiary alicyclic amines) is 1. The predicted octanol–water partition coefficient (Wildman–Crippen LogP) is 0.889. The average Bonchev–Trinajstić information content (AvgIpc) is 3.42. The summed E-state index contributed by atoms with van der Waals surface area (Å²) in [6.07, 6.45) is 2.47. The molecule has 0 bridgehead atoms. The van der Waals surface area contributed by atoms with Crippen LogP contribution in [0.1, 0.15) is 33.8 Å². The molecule has 1 atom stereocenters. The molecule has 2 heterocycles. The van der Waals surface area contributed by atoms with Crippen molar-refractivity contribution in [2.45, 2.75) is 18.9 Å². The molecule has 1 aromatic carbocycles. The number of hydrazine groups is 1. The molecule has 3 rings (SSSR count). The summed E-state index contributed by atoms with van der Waals surface area (Å²) in [4.78, 5) is 49.7. The largest absolute Gasteiger partial charge is 0.459 e. The summed E-state index contributed by atoms with van der Waals surface area (Å²) in [5.41, 5.74) is 4.78. The van der Waals surface area contributed by atoms with Crippen LogP contribution in [0.2, 0.25) is 0 Å². The van der Waals surface area contributed by atoms with Crippen LogP contribution in [-0.2, 0) is 14.3 Å². The number of hydrogen-bond donors (Lipinski definition) is 2. The lowest BCUT2D eigenvalue weighted by Crippen LogP contribution is -2.45. The number of ether oxygens (including phenoxy) is 1. The Morgan fingerprint density at radius 1 is 1.07 bits per heavy atom. The number of furan rings is 1. The van der Waals surface area contributed by atoms with E-state index in [0.717, 1.165) is 0 Å². The van der Waals surface area contributed by atoms with Gasteiger partial charge in [0.25, 0.3) is 17.7 Å². The highest BCUT2D eigenvalue weighted by atomic mass is 16.5. The van der Waals surface area contributed by atoms with Crippen LogP contribution in [0.15, 0.2) is 53.1 Å². The van der Waals surface area contributed by atoms with Crippen LogP contribution < -0.4 is 10.9 Å². The van der Waals surface area contributed by atoms with E-state index in [4.69, 9.17) is 9.15 Å². The molecule has 1 aliphatic rings. The third-order valence-corrected chi connectivity index (χ3v) is 4.21. The van der Waals surface area contributed by atoms with Gasteiger partial charge in [-0.25, -0.2) is 4.79 Å². The smallest absolute Gasteiger partial charge is 0.329 e. The molecule has 28 heavy (non-hydrogen) atoms. The molecule has 9 heteroatoms. The third kappa shape index (κ3) is 4.56. The lowest BCUT2D eigenvalue weighted by Gasteiger charge is -2.22. The van der Waals surface area contributed by atoms with Gasteiger partial charge in [0, 0.05) is 12.1 Å². The molecule has 2 N–H and O–H groups in total. The fourth-order valence-electron chi connectivity index (χ4n) is 2.85. The minimum Gasteiger partial charge on any atom is -0.459 e. The zero-order valence-corrected chi connectivity index (χ0v) is 14.9. The summed E-state index contributed by atoms with van der Waals surface area (Å²) < 4.78 is 10.1. The monoisotopic (exact) mass is 385 g/mol. The summed E-state index contributed by atoms with van der Waals surface area (Å²) in [7, 11) is 0. The molecule has 9 nitrogen and oxygen atoms in total. The first-order valence-corrected chi connectivity index (χ1v) is 8.71. The molecule has 0 radical (unpaired) electrons. The van der Waals surface area contributed by atoms with Crippen molar-refractivity contribution < 1.29 is 28.3 Å². The number of hydrogen-bond acceptors (Lipinski definition) is 6. The molecule has 0 spiro atoms. The van der Waals surface area contributed by atoms with Crippen molar-refractivity contribution in [2.75, 3.05) is 13.2 Å². The molecular formula is C19H19N3O6. The number of nitrogens with zero attached hydrogens (tertiary/aromatic N) is 1. The molecular weight excluding hydrogens is 366 g/mol. The second-order valence-electron chi connectivity index (χ2n) is 6.11. The second kappa shape index (κ2) is 8.85. The van der Waals surface area contributed by atoms with Gasteiger partial charge in [0.2, 0.25) is 0 Å². The van der Waals surface area contributed by atoms with E-state index in [0.29, 0.717) is 24.9 Å². The molecule has 1 saturated heterocycles. The number of nitrogens with one attached hydrogen (secondary N) is 2. The Bertz CT molecular complexity index is 850. The molecule has 1 aromatic heterocycles. The highest BCUT2D eigenvalue weighted by Crippen LogP contribution is 2.21. The van der Waals surface area contributed by atoms with Gasteiger partial charge in [-0.2, -0.15) is 0 Å². The van der Waals surface area contributed by atoms with Crippen molar-refractivity contribution in [3.05, 3.63) is 60.1 Å². The maximum absolute atomic E-state index is 12.4. The number of benzene rings is 1. The third-order valence-electron chi connectivity index (χ3n) is 4.21. The number of carbonyl (C=O) groups excluding carboxylic acids is 4. The van der Waals surface area contributed by atoms with Crippen LogP contribution >= 0.6 is 0 Å². The van der Waals surface area contributed by atoms with Crippen LogP contribution in [-0.4, -0.2) is 47.8 Å². The van der Waals surface area contributed by atoms with Crippen LogP contribution in [0.25, 0.3) is 0 Å². The fraction of sp³-hybridized carbons (Fsp3) is 0.263. The van der Waals surface area contributed by atoms with Crippen molar-refractivity contribution in [1.82, 2.24) is 15.8 Å². The van der Waals surface area contributed by atoms with Crippen LogP contribution in [0.4, 0.5) is 0 Å². The minimum absolute atomic E-state index is 0.140. The van der Waals surface area contributed by atoms with Crippen LogP contribution in [0.3, 0.4) is 0 Å². The fourth-order valence-corrected chi connectivity index (χ4v) is 2.85. The Morgan fingerprint density at radius 3 is 2.57 bits per heavy atom. The summed E-state index contributed by atoms with van der Waals surface area (Å²) >= 11 is 0. The maximum atomic E-state index is 12.4. The highest BCUT2D eigenvalue weighted by molar-refractivity contribution is 5.96. The number of carbonyl (C=O) groups is 4. The van der Waals surface area contributed by atoms with Crippen molar-refractivity contribution in [3.8, 4) is 0 Å². The quantitative estimate of drug-likeness (QED) is 0.583. The van der Waals surface area contributed by atoms with Gasteiger partial charge in [0.1, 0.15) is 6.04 Å². The maximum Gasteiger partial charge on any atom is 0.329 e.